The molecular weight excluding hydrogens is 122 g/mol. The zero-order valence-corrected chi connectivity index (χ0v) is 6.38. The Kier molecular flexibility index (Phi) is 2.32. The molecule has 0 unspecified atom stereocenters. The lowest BCUT2D eigenvalue weighted by Crippen LogP contribution is -1.96. The molecule has 0 aliphatic rings. The van der Waals surface area contributed by atoms with E-state index in [1.54, 1.807) is 0 Å². The molecule has 0 saturated carbocycles. The Labute approximate surface area is 62.0 Å². The van der Waals surface area contributed by atoms with E-state index in [2.05, 4.69) is 36.4 Å². The smallest absolute Gasteiger partial charge is 0.0212 e. The number of nitrogens with zero attached hydrogens (tertiary/aromatic N) is 1. The number of hydrogen-bond donors (Lipinski definition) is 0. The minimum atomic E-state index is 0.973. The van der Waals surface area contributed by atoms with Crippen molar-refractivity contribution in [2.24, 2.45) is 0 Å². The number of rotatable bonds is 3. The monoisotopic (exact) mass is 135 g/mol. The lowest BCUT2D eigenvalue weighted by molar-refractivity contribution is 0.731. The van der Waals surface area contributed by atoms with Gasteiger partial charge in [0, 0.05) is 24.9 Å². The molecule has 0 amide bonds. The molecule has 0 radical (unpaired) electrons. The molecule has 10 heavy (non-hydrogen) atoms. The second-order valence-electron chi connectivity index (χ2n) is 2.28. The minimum Gasteiger partial charge on any atom is -0.351 e. The molecule has 0 N–H and O–H groups in total. The highest BCUT2D eigenvalue weighted by Gasteiger charge is 1.93. The van der Waals surface area contributed by atoms with Crippen LogP contribution in [0, 0.1) is 0 Å². The van der Waals surface area contributed by atoms with Crippen molar-refractivity contribution in [2.75, 3.05) is 0 Å². The maximum Gasteiger partial charge on any atom is 0.0212 e. The van der Waals surface area contributed by atoms with Gasteiger partial charge in [-0.3, -0.25) is 0 Å². The van der Waals surface area contributed by atoms with Gasteiger partial charge >= 0.3 is 0 Å². The zero-order valence-electron chi connectivity index (χ0n) is 6.38. The lowest BCUT2D eigenvalue weighted by atomic mass is 10.3. The van der Waals surface area contributed by atoms with Crippen molar-refractivity contribution in [3.05, 3.63) is 36.7 Å². The zero-order chi connectivity index (χ0) is 7.40. The van der Waals surface area contributed by atoms with Gasteiger partial charge < -0.3 is 4.57 Å². The van der Waals surface area contributed by atoms with Gasteiger partial charge in [-0.2, -0.15) is 0 Å². The van der Waals surface area contributed by atoms with Gasteiger partial charge in [-0.25, -0.2) is 0 Å². The fourth-order valence-electron chi connectivity index (χ4n) is 1.09. The van der Waals surface area contributed by atoms with E-state index in [-0.39, 0.29) is 0 Å². The van der Waals surface area contributed by atoms with Crippen LogP contribution in [-0.4, -0.2) is 4.57 Å². The van der Waals surface area contributed by atoms with Crippen LogP contribution in [0.25, 0.3) is 0 Å². The molecule has 0 aromatic carbocycles. The van der Waals surface area contributed by atoms with Crippen LogP contribution in [0.5, 0.6) is 0 Å². The van der Waals surface area contributed by atoms with E-state index < -0.39 is 0 Å². The third-order valence-electron chi connectivity index (χ3n) is 1.62. The van der Waals surface area contributed by atoms with E-state index in [4.69, 9.17) is 0 Å². The Balaban J connectivity index is 2.79. The second-order valence-corrected chi connectivity index (χ2v) is 2.28. The van der Waals surface area contributed by atoms with Gasteiger partial charge in [0.15, 0.2) is 0 Å². The topological polar surface area (TPSA) is 4.93 Å². The SMILES string of the molecule is C=CCc1cccn1CC. The lowest BCUT2D eigenvalue weighted by Gasteiger charge is -2.01. The molecule has 0 aliphatic heterocycles. The van der Waals surface area contributed by atoms with Crippen molar-refractivity contribution in [1.82, 2.24) is 4.57 Å². The van der Waals surface area contributed by atoms with Crippen LogP contribution in [0.4, 0.5) is 0 Å². The normalized spacial score (nSPS) is 9.70. The molecule has 1 heteroatoms. The molecule has 1 rings (SSSR count). The molecule has 0 bridgehead atoms. The van der Waals surface area contributed by atoms with Crippen LogP contribution in [0.15, 0.2) is 31.0 Å². The van der Waals surface area contributed by atoms with E-state index in [0.29, 0.717) is 0 Å². The average Bonchev–Trinajstić information content (AvgIpc) is 2.36. The summed E-state index contributed by atoms with van der Waals surface area (Å²) in [5.41, 5.74) is 1.34. The molecule has 54 valence electrons. The van der Waals surface area contributed by atoms with Gasteiger partial charge in [-0.15, -0.1) is 6.58 Å². The van der Waals surface area contributed by atoms with Crippen LogP contribution in [0.1, 0.15) is 12.6 Å². The average molecular weight is 135 g/mol. The summed E-state index contributed by atoms with van der Waals surface area (Å²) in [7, 11) is 0. The summed E-state index contributed by atoms with van der Waals surface area (Å²) in [6.07, 6.45) is 5.00. The number of aryl methyl sites for hydroxylation is 1. The van der Waals surface area contributed by atoms with E-state index in [0.717, 1.165) is 13.0 Å². The number of allylic oxidation sites excluding steroid dienone is 1. The van der Waals surface area contributed by atoms with Crippen molar-refractivity contribution < 1.29 is 0 Å². The van der Waals surface area contributed by atoms with Gasteiger partial charge in [0.1, 0.15) is 0 Å². The van der Waals surface area contributed by atoms with E-state index in [1.165, 1.54) is 5.69 Å². The molecule has 1 nitrogen and oxygen atoms in total. The Morgan fingerprint density at radius 2 is 2.50 bits per heavy atom. The maximum absolute atomic E-state index is 3.70. The van der Waals surface area contributed by atoms with Crippen molar-refractivity contribution >= 4 is 0 Å². The number of hydrogen-bond acceptors (Lipinski definition) is 0. The van der Waals surface area contributed by atoms with Crippen LogP contribution < -0.4 is 0 Å². The summed E-state index contributed by atoms with van der Waals surface area (Å²) in [6.45, 7) is 6.89. The molecule has 0 spiro atoms. The first kappa shape index (κ1) is 7.13. The largest absolute Gasteiger partial charge is 0.351 e. The molecule has 0 fully saturated rings. The third-order valence-corrected chi connectivity index (χ3v) is 1.62. The van der Waals surface area contributed by atoms with Gasteiger partial charge in [-0.05, 0) is 19.1 Å². The first-order valence-corrected chi connectivity index (χ1v) is 3.63. The number of aromatic nitrogens is 1. The van der Waals surface area contributed by atoms with Crippen molar-refractivity contribution in [3.63, 3.8) is 0 Å². The summed E-state index contributed by atoms with van der Waals surface area (Å²) in [4.78, 5) is 0. The minimum absolute atomic E-state index is 0.973. The van der Waals surface area contributed by atoms with E-state index in [9.17, 15) is 0 Å². The Hall–Kier alpha value is -0.980. The highest BCUT2D eigenvalue weighted by molar-refractivity contribution is 5.09. The first-order chi connectivity index (χ1) is 4.88. The summed E-state index contributed by atoms with van der Waals surface area (Å²) in [5, 5.41) is 0. The van der Waals surface area contributed by atoms with E-state index >= 15 is 0 Å². The van der Waals surface area contributed by atoms with Gasteiger partial charge in [-0.1, -0.05) is 6.08 Å². The molecule has 1 heterocycles. The van der Waals surface area contributed by atoms with Crippen molar-refractivity contribution in [2.45, 2.75) is 19.9 Å². The molecule has 1 aromatic heterocycles. The van der Waals surface area contributed by atoms with Crippen LogP contribution in [0.2, 0.25) is 0 Å². The molecule has 1 aromatic rings. The maximum atomic E-state index is 3.70. The second kappa shape index (κ2) is 3.25. The van der Waals surface area contributed by atoms with Crippen molar-refractivity contribution in [3.8, 4) is 0 Å². The first-order valence-electron chi connectivity index (χ1n) is 3.63. The Morgan fingerprint density at radius 3 is 3.10 bits per heavy atom. The van der Waals surface area contributed by atoms with Crippen LogP contribution in [0.3, 0.4) is 0 Å². The van der Waals surface area contributed by atoms with Gasteiger partial charge in [0.25, 0.3) is 0 Å². The predicted octanol–water partition coefficient (Wildman–Crippen LogP) is 2.24. The summed E-state index contributed by atoms with van der Waals surface area (Å²) in [5.74, 6) is 0. The van der Waals surface area contributed by atoms with Crippen molar-refractivity contribution in [1.29, 1.82) is 0 Å². The third kappa shape index (κ3) is 1.29. The standard InChI is InChI=1S/C9H13N/c1-3-6-9-7-5-8-10(9)4-2/h3,5,7-8H,1,4,6H2,2H3. The Morgan fingerprint density at radius 1 is 1.70 bits per heavy atom. The molecule has 0 saturated heterocycles. The van der Waals surface area contributed by atoms with Gasteiger partial charge in [0.2, 0.25) is 0 Å². The molecular formula is C9H13N. The predicted molar refractivity (Wildman–Crippen MR) is 44.0 cm³/mol. The summed E-state index contributed by atoms with van der Waals surface area (Å²) >= 11 is 0. The Bertz CT molecular complexity index is 210. The van der Waals surface area contributed by atoms with Crippen LogP contribution >= 0.6 is 0 Å². The van der Waals surface area contributed by atoms with E-state index in [1.807, 2.05) is 6.08 Å². The fourth-order valence-corrected chi connectivity index (χ4v) is 1.09. The highest BCUT2D eigenvalue weighted by Crippen LogP contribution is 2.02. The molecule has 0 atom stereocenters. The van der Waals surface area contributed by atoms with Gasteiger partial charge in [0.05, 0.1) is 0 Å². The molecule has 0 aliphatic carbocycles. The van der Waals surface area contributed by atoms with Crippen LogP contribution in [-0.2, 0) is 13.0 Å². The summed E-state index contributed by atoms with van der Waals surface area (Å²) < 4.78 is 2.22. The fraction of sp³-hybridized carbons (Fsp3) is 0.333. The quantitative estimate of drug-likeness (QED) is 0.560. The highest BCUT2D eigenvalue weighted by atomic mass is 14.9. The summed E-state index contributed by atoms with van der Waals surface area (Å²) in [6, 6.07) is 4.20.